The average Bonchev–Trinajstić information content (AvgIpc) is 3.22. The minimum Gasteiger partial charge on any atom is -0.462 e. The number of nitrogens with zero attached hydrogens (tertiary/aromatic N) is 3. The summed E-state index contributed by atoms with van der Waals surface area (Å²) in [6.45, 7) is 4.17. The fraction of sp³-hybridized carbons (Fsp3) is 0.321. The molecule has 1 N–H and O–H groups in total. The molecule has 1 aliphatic rings. The van der Waals surface area contributed by atoms with E-state index >= 15 is 0 Å². The molecule has 2 aromatic heterocycles. The lowest BCUT2D eigenvalue weighted by Crippen LogP contribution is -2.32. The summed E-state index contributed by atoms with van der Waals surface area (Å²) in [6.07, 6.45) is 0.600. The SMILES string of the molecule is CC(C)c1nn(-c2ccc3ccccc3n2)c(-c2ccc(F)cc2)c1CC[C@@H]1C[C@@H](O)CC(=O)O1. The summed E-state index contributed by atoms with van der Waals surface area (Å²) in [7, 11) is 0. The maximum Gasteiger partial charge on any atom is 0.308 e. The van der Waals surface area contributed by atoms with E-state index in [0.717, 1.165) is 33.4 Å². The van der Waals surface area contributed by atoms with Crippen LogP contribution >= 0.6 is 0 Å². The Morgan fingerprint density at radius 3 is 2.63 bits per heavy atom. The van der Waals surface area contributed by atoms with E-state index in [1.165, 1.54) is 12.1 Å². The number of hydrogen-bond acceptors (Lipinski definition) is 5. The van der Waals surface area contributed by atoms with Gasteiger partial charge in [0, 0.05) is 22.9 Å². The van der Waals surface area contributed by atoms with E-state index in [0.29, 0.717) is 25.1 Å². The Morgan fingerprint density at radius 2 is 1.89 bits per heavy atom. The van der Waals surface area contributed by atoms with E-state index in [1.807, 2.05) is 41.1 Å². The maximum absolute atomic E-state index is 13.8. The quantitative estimate of drug-likeness (QED) is 0.382. The van der Waals surface area contributed by atoms with Gasteiger partial charge in [0.15, 0.2) is 5.82 Å². The summed E-state index contributed by atoms with van der Waals surface area (Å²) in [4.78, 5) is 16.7. The number of fused-ring (bicyclic) bond motifs is 1. The number of para-hydroxylation sites is 1. The van der Waals surface area contributed by atoms with Crippen molar-refractivity contribution in [3.8, 4) is 17.1 Å². The van der Waals surface area contributed by atoms with Crippen molar-refractivity contribution in [3.05, 3.63) is 77.7 Å². The lowest BCUT2D eigenvalue weighted by molar-refractivity contribution is -0.160. The van der Waals surface area contributed by atoms with Gasteiger partial charge in [0.2, 0.25) is 0 Å². The van der Waals surface area contributed by atoms with Crippen molar-refractivity contribution in [1.82, 2.24) is 14.8 Å². The number of esters is 1. The lowest BCUT2D eigenvalue weighted by Gasteiger charge is -2.26. The first-order chi connectivity index (χ1) is 16.9. The third-order valence-corrected chi connectivity index (χ3v) is 6.43. The average molecular weight is 474 g/mol. The predicted octanol–water partition coefficient (Wildman–Crippen LogP) is 5.35. The summed E-state index contributed by atoms with van der Waals surface area (Å²) >= 11 is 0. The number of carbonyl (C=O) groups is 1. The summed E-state index contributed by atoms with van der Waals surface area (Å²) in [5, 5.41) is 16.0. The van der Waals surface area contributed by atoms with Crippen LogP contribution in [0.25, 0.3) is 28.0 Å². The number of cyclic esters (lactones) is 1. The minimum atomic E-state index is -0.674. The van der Waals surface area contributed by atoms with Gasteiger partial charge in [0.25, 0.3) is 0 Å². The third-order valence-electron chi connectivity index (χ3n) is 6.43. The standard InChI is InChI=1S/C28H28FN3O3/c1-17(2)27-23(13-12-22-15-21(33)16-26(34)35-22)28(19-7-10-20(29)11-8-19)32(31-27)25-14-9-18-5-3-4-6-24(18)30-25/h3-11,14,17,21-22,33H,12-13,15-16H2,1-2H3/t21-,22-/m1/s1. The molecule has 7 heteroatoms. The Morgan fingerprint density at radius 1 is 1.11 bits per heavy atom. The molecule has 0 radical (unpaired) electrons. The highest BCUT2D eigenvalue weighted by Gasteiger charge is 2.29. The van der Waals surface area contributed by atoms with Crippen molar-refractivity contribution >= 4 is 16.9 Å². The van der Waals surface area contributed by atoms with Gasteiger partial charge in [0.05, 0.1) is 29.4 Å². The summed E-state index contributed by atoms with van der Waals surface area (Å²) in [5.41, 5.74) is 4.47. The van der Waals surface area contributed by atoms with Crippen LogP contribution in [0.3, 0.4) is 0 Å². The van der Waals surface area contributed by atoms with E-state index in [4.69, 9.17) is 14.8 Å². The molecule has 180 valence electrons. The van der Waals surface area contributed by atoms with Crippen LogP contribution in [0.2, 0.25) is 0 Å². The molecule has 3 heterocycles. The number of hydrogen-bond donors (Lipinski definition) is 1. The number of halogens is 1. The van der Waals surface area contributed by atoms with Crippen LogP contribution in [0, 0.1) is 5.82 Å². The highest BCUT2D eigenvalue weighted by molar-refractivity contribution is 5.79. The number of ether oxygens (including phenoxy) is 1. The van der Waals surface area contributed by atoms with E-state index in [9.17, 15) is 14.3 Å². The van der Waals surface area contributed by atoms with E-state index in [-0.39, 0.29) is 30.2 Å². The number of rotatable bonds is 6. The Kier molecular flexibility index (Phi) is 6.34. The van der Waals surface area contributed by atoms with Crippen LogP contribution in [0.15, 0.2) is 60.7 Å². The summed E-state index contributed by atoms with van der Waals surface area (Å²) in [6, 6.07) is 18.3. The minimum absolute atomic E-state index is 0.0418. The number of carbonyl (C=O) groups excluding carboxylic acids is 1. The zero-order valence-corrected chi connectivity index (χ0v) is 19.8. The number of benzene rings is 2. The van der Waals surface area contributed by atoms with Gasteiger partial charge in [-0.25, -0.2) is 14.1 Å². The van der Waals surface area contributed by atoms with Crippen LogP contribution in [0.1, 0.15) is 50.3 Å². The molecule has 1 saturated heterocycles. The molecule has 1 aliphatic heterocycles. The van der Waals surface area contributed by atoms with Crippen molar-refractivity contribution in [2.45, 2.75) is 57.7 Å². The van der Waals surface area contributed by atoms with Crippen LogP contribution in [0.4, 0.5) is 4.39 Å². The fourth-order valence-corrected chi connectivity index (χ4v) is 4.76. The second kappa shape index (κ2) is 9.58. The summed E-state index contributed by atoms with van der Waals surface area (Å²) in [5.74, 6) is 0.131. The first-order valence-electron chi connectivity index (χ1n) is 12.0. The molecule has 0 aliphatic carbocycles. The molecule has 0 amide bonds. The first kappa shape index (κ1) is 23.2. The molecule has 0 spiro atoms. The van der Waals surface area contributed by atoms with Crippen LogP contribution < -0.4 is 0 Å². The Bertz CT molecular complexity index is 1360. The Labute approximate surface area is 203 Å². The van der Waals surface area contributed by atoms with Crippen molar-refractivity contribution in [2.75, 3.05) is 0 Å². The molecule has 2 atom stereocenters. The Balaban J connectivity index is 1.62. The zero-order valence-electron chi connectivity index (χ0n) is 19.8. The third kappa shape index (κ3) is 4.82. The smallest absolute Gasteiger partial charge is 0.308 e. The van der Waals surface area contributed by atoms with Gasteiger partial charge in [-0.2, -0.15) is 5.10 Å². The molecule has 0 unspecified atom stereocenters. The van der Waals surface area contributed by atoms with Crippen molar-refractivity contribution in [3.63, 3.8) is 0 Å². The molecule has 2 aromatic carbocycles. The predicted molar refractivity (Wildman–Crippen MR) is 132 cm³/mol. The van der Waals surface area contributed by atoms with Gasteiger partial charge in [-0.05, 0) is 61.2 Å². The van der Waals surface area contributed by atoms with Crippen LogP contribution in [-0.4, -0.2) is 38.0 Å². The van der Waals surface area contributed by atoms with E-state index < -0.39 is 6.10 Å². The molecular formula is C28H28FN3O3. The number of aliphatic hydroxyl groups is 1. The van der Waals surface area contributed by atoms with Crippen molar-refractivity contribution in [2.24, 2.45) is 0 Å². The van der Waals surface area contributed by atoms with Gasteiger partial charge in [-0.3, -0.25) is 4.79 Å². The van der Waals surface area contributed by atoms with Gasteiger partial charge in [-0.1, -0.05) is 32.0 Å². The van der Waals surface area contributed by atoms with Gasteiger partial charge >= 0.3 is 5.97 Å². The highest BCUT2D eigenvalue weighted by atomic mass is 19.1. The zero-order chi connectivity index (χ0) is 24.5. The topological polar surface area (TPSA) is 77.2 Å². The summed E-state index contributed by atoms with van der Waals surface area (Å²) < 4.78 is 21.1. The molecule has 0 bridgehead atoms. The van der Waals surface area contributed by atoms with Crippen LogP contribution in [0.5, 0.6) is 0 Å². The van der Waals surface area contributed by atoms with Gasteiger partial charge < -0.3 is 9.84 Å². The van der Waals surface area contributed by atoms with Gasteiger partial charge in [0.1, 0.15) is 11.9 Å². The molecule has 4 aromatic rings. The molecule has 0 saturated carbocycles. The normalized spacial score (nSPS) is 18.3. The molecule has 6 nitrogen and oxygen atoms in total. The van der Waals surface area contributed by atoms with Crippen LogP contribution in [-0.2, 0) is 16.0 Å². The number of aromatic nitrogens is 3. The molecular weight excluding hydrogens is 445 g/mol. The van der Waals surface area contributed by atoms with E-state index in [1.54, 1.807) is 12.1 Å². The van der Waals surface area contributed by atoms with Gasteiger partial charge in [-0.15, -0.1) is 0 Å². The number of pyridine rings is 1. The molecule has 1 fully saturated rings. The lowest BCUT2D eigenvalue weighted by atomic mass is 9.93. The molecule has 35 heavy (non-hydrogen) atoms. The second-order valence-corrected chi connectivity index (χ2v) is 9.39. The van der Waals surface area contributed by atoms with E-state index in [2.05, 4.69) is 13.8 Å². The molecule has 5 rings (SSSR count). The monoisotopic (exact) mass is 473 g/mol. The van der Waals surface area contributed by atoms with Crippen molar-refractivity contribution < 1.29 is 19.0 Å². The Hall–Kier alpha value is -3.58. The number of aliphatic hydroxyl groups excluding tert-OH is 1. The van der Waals surface area contributed by atoms with Crippen molar-refractivity contribution in [1.29, 1.82) is 0 Å². The second-order valence-electron chi connectivity index (χ2n) is 9.39. The largest absolute Gasteiger partial charge is 0.462 e. The highest BCUT2D eigenvalue weighted by Crippen LogP contribution is 2.34. The fourth-order valence-electron chi connectivity index (χ4n) is 4.76. The first-order valence-corrected chi connectivity index (χ1v) is 12.0. The maximum atomic E-state index is 13.8.